The molecule has 0 saturated carbocycles. The third-order valence-electron chi connectivity index (χ3n) is 5.61. The monoisotopic (exact) mass is 415 g/mol. The zero-order valence-electron chi connectivity index (χ0n) is 18.0. The second-order valence-corrected chi connectivity index (χ2v) is 10.1. The fraction of sp³-hybridized carbons (Fsp3) is 0.240. The van der Waals surface area contributed by atoms with Crippen LogP contribution in [-0.2, 0) is 0 Å². The molecular formula is C25H26BNS2. The molecular weight excluding hydrogens is 389 g/mol. The quantitative estimate of drug-likeness (QED) is 0.416. The Morgan fingerprint density at radius 2 is 1.24 bits per heavy atom. The third-order valence-corrected chi connectivity index (χ3v) is 7.70. The maximum atomic E-state index is 4.53. The van der Waals surface area contributed by atoms with Gasteiger partial charge >= 0.3 is 0 Å². The number of aryl methyl sites for hydroxylation is 6. The standard InChI is InChI=1S/C25H26BNS2/c1-15-11-17(3)23(18(4)12-15)26(24-19(5)13-16(2)14-20(24)6)22-8-7-21(29-22)25-27-9-10-28-25/h7-14H,1-6H3. The summed E-state index contributed by atoms with van der Waals surface area (Å²) in [4.78, 5) is 5.78. The molecule has 4 rings (SSSR count). The van der Waals surface area contributed by atoms with Crippen molar-refractivity contribution < 1.29 is 0 Å². The molecule has 0 bridgehead atoms. The van der Waals surface area contributed by atoms with Gasteiger partial charge in [-0.15, -0.1) is 22.7 Å². The van der Waals surface area contributed by atoms with Crippen LogP contribution in [0.4, 0.5) is 0 Å². The van der Waals surface area contributed by atoms with Crippen molar-refractivity contribution in [2.45, 2.75) is 41.5 Å². The van der Waals surface area contributed by atoms with Crippen LogP contribution in [0.15, 0.2) is 48.0 Å². The number of benzene rings is 2. The summed E-state index contributed by atoms with van der Waals surface area (Å²) in [5, 5.41) is 3.16. The van der Waals surface area contributed by atoms with Gasteiger partial charge in [-0.05, 0) is 52.4 Å². The molecule has 0 aliphatic carbocycles. The van der Waals surface area contributed by atoms with E-state index in [1.807, 2.05) is 17.5 Å². The minimum atomic E-state index is 0.245. The molecule has 0 aliphatic heterocycles. The first-order chi connectivity index (χ1) is 13.8. The van der Waals surface area contributed by atoms with E-state index in [4.69, 9.17) is 0 Å². The average Bonchev–Trinajstić information content (AvgIpc) is 3.30. The van der Waals surface area contributed by atoms with Gasteiger partial charge in [0.2, 0.25) is 0 Å². The number of thiophene rings is 1. The molecule has 0 amide bonds. The Balaban J connectivity index is 1.97. The highest BCUT2D eigenvalue weighted by Crippen LogP contribution is 2.26. The molecule has 2 heterocycles. The fourth-order valence-corrected chi connectivity index (χ4v) is 6.54. The van der Waals surface area contributed by atoms with Crippen LogP contribution in [0.5, 0.6) is 0 Å². The normalized spacial score (nSPS) is 11.1. The first-order valence-electron chi connectivity index (χ1n) is 10.00. The molecule has 4 aromatic rings. The summed E-state index contributed by atoms with van der Waals surface area (Å²) in [6, 6.07) is 13.8. The van der Waals surface area contributed by atoms with Gasteiger partial charge in [-0.1, -0.05) is 74.6 Å². The Bertz CT molecular complexity index is 1070. The van der Waals surface area contributed by atoms with Crippen LogP contribution < -0.4 is 15.7 Å². The Kier molecular flexibility index (Phi) is 5.50. The Labute approximate surface area is 182 Å². The minimum Gasteiger partial charge on any atom is -0.244 e. The maximum absolute atomic E-state index is 4.53. The molecule has 2 aromatic carbocycles. The summed E-state index contributed by atoms with van der Waals surface area (Å²) in [6.45, 7) is 13.7. The van der Waals surface area contributed by atoms with Crippen LogP contribution in [0.1, 0.15) is 33.4 Å². The van der Waals surface area contributed by atoms with E-state index < -0.39 is 0 Å². The van der Waals surface area contributed by atoms with E-state index in [2.05, 4.69) is 88.3 Å². The molecule has 0 atom stereocenters. The number of nitrogens with zero attached hydrogens (tertiary/aromatic N) is 1. The van der Waals surface area contributed by atoms with Gasteiger partial charge in [-0.2, -0.15) is 0 Å². The van der Waals surface area contributed by atoms with E-state index in [0.29, 0.717) is 0 Å². The lowest BCUT2D eigenvalue weighted by atomic mass is 9.37. The number of aromatic nitrogens is 1. The molecule has 0 saturated heterocycles. The summed E-state index contributed by atoms with van der Waals surface area (Å²) in [5.41, 5.74) is 11.0. The van der Waals surface area contributed by atoms with Crippen molar-refractivity contribution in [3.8, 4) is 9.88 Å². The van der Waals surface area contributed by atoms with Crippen LogP contribution in [0.25, 0.3) is 9.88 Å². The van der Waals surface area contributed by atoms with Gasteiger partial charge in [0.05, 0.1) is 4.88 Å². The molecule has 0 N–H and O–H groups in total. The van der Waals surface area contributed by atoms with Gasteiger partial charge in [0, 0.05) is 11.6 Å². The number of hydrogen-bond acceptors (Lipinski definition) is 3. The lowest BCUT2D eigenvalue weighted by Gasteiger charge is -2.23. The fourth-order valence-electron chi connectivity index (χ4n) is 4.69. The van der Waals surface area contributed by atoms with E-state index in [9.17, 15) is 0 Å². The molecule has 0 unspecified atom stereocenters. The van der Waals surface area contributed by atoms with Crippen LogP contribution in [0.3, 0.4) is 0 Å². The predicted octanol–water partition coefficient (Wildman–Crippen LogP) is 5.24. The molecule has 146 valence electrons. The second kappa shape index (κ2) is 7.93. The van der Waals surface area contributed by atoms with Crippen molar-refractivity contribution in [1.82, 2.24) is 4.98 Å². The minimum absolute atomic E-state index is 0.245. The Hall–Kier alpha value is -2.17. The van der Waals surface area contributed by atoms with Crippen molar-refractivity contribution in [3.63, 3.8) is 0 Å². The largest absolute Gasteiger partial charge is 0.255 e. The Morgan fingerprint density at radius 1 is 0.724 bits per heavy atom. The zero-order valence-corrected chi connectivity index (χ0v) is 19.6. The van der Waals surface area contributed by atoms with Gasteiger partial charge in [0.15, 0.2) is 0 Å². The van der Waals surface area contributed by atoms with E-state index in [1.54, 1.807) is 11.3 Å². The molecule has 29 heavy (non-hydrogen) atoms. The first-order valence-corrected chi connectivity index (χ1v) is 11.7. The summed E-state index contributed by atoms with van der Waals surface area (Å²) >= 11 is 3.59. The molecule has 0 aliphatic rings. The highest BCUT2D eigenvalue weighted by Gasteiger charge is 2.30. The van der Waals surface area contributed by atoms with Crippen LogP contribution in [0, 0.1) is 41.5 Å². The van der Waals surface area contributed by atoms with Crippen LogP contribution in [-0.4, -0.2) is 11.7 Å². The molecule has 0 radical (unpaired) electrons. The van der Waals surface area contributed by atoms with Crippen molar-refractivity contribution in [1.29, 1.82) is 0 Å². The van der Waals surface area contributed by atoms with Gasteiger partial charge in [0.1, 0.15) is 5.01 Å². The molecule has 4 heteroatoms. The Morgan fingerprint density at radius 3 is 1.69 bits per heavy atom. The summed E-state index contributed by atoms with van der Waals surface area (Å²) in [7, 11) is 0. The molecule has 0 fully saturated rings. The summed E-state index contributed by atoms with van der Waals surface area (Å²) in [6.07, 6.45) is 1.89. The topological polar surface area (TPSA) is 12.9 Å². The van der Waals surface area contributed by atoms with Gasteiger partial charge in [-0.25, -0.2) is 4.98 Å². The van der Waals surface area contributed by atoms with E-state index in [-0.39, 0.29) is 6.71 Å². The summed E-state index contributed by atoms with van der Waals surface area (Å²) in [5.74, 6) is 0. The van der Waals surface area contributed by atoms with Crippen molar-refractivity contribution >= 4 is 45.1 Å². The first kappa shape index (κ1) is 20.1. The third kappa shape index (κ3) is 3.84. The van der Waals surface area contributed by atoms with E-state index >= 15 is 0 Å². The lowest BCUT2D eigenvalue weighted by molar-refractivity contribution is 1.34. The van der Waals surface area contributed by atoms with Gasteiger partial charge in [-0.3, -0.25) is 0 Å². The van der Waals surface area contributed by atoms with Crippen LogP contribution in [0.2, 0.25) is 0 Å². The van der Waals surface area contributed by atoms with Crippen molar-refractivity contribution in [3.05, 3.63) is 81.4 Å². The van der Waals surface area contributed by atoms with Gasteiger partial charge in [0.25, 0.3) is 6.71 Å². The average molecular weight is 415 g/mol. The maximum Gasteiger partial charge on any atom is 0.255 e. The SMILES string of the molecule is Cc1cc(C)c(B(c2ccc(-c3nccs3)s2)c2c(C)cc(C)cc2C)c(C)c1. The summed E-state index contributed by atoms with van der Waals surface area (Å²) < 4.78 is 1.39. The molecule has 0 spiro atoms. The number of rotatable bonds is 4. The van der Waals surface area contributed by atoms with Crippen molar-refractivity contribution in [2.75, 3.05) is 0 Å². The highest BCUT2D eigenvalue weighted by atomic mass is 32.1. The molecule has 1 nitrogen and oxygen atoms in total. The predicted molar refractivity (Wildman–Crippen MR) is 131 cm³/mol. The highest BCUT2D eigenvalue weighted by molar-refractivity contribution is 7.31. The lowest BCUT2D eigenvalue weighted by Crippen LogP contribution is -2.54. The van der Waals surface area contributed by atoms with E-state index in [0.717, 1.165) is 5.01 Å². The van der Waals surface area contributed by atoms with Gasteiger partial charge < -0.3 is 0 Å². The smallest absolute Gasteiger partial charge is 0.244 e. The van der Waals surface area contributed by atoms with Crippen molar-refractivity contribution in [2.24, 2.45) is 0 Å². The number of thiazole rings is 1. The number of hydrogen-bond donors (Lipinski definition) is 0. The molecule has 2 aromatic heterocycles. The second-order valence-electron chi connectivity index (χ2n) is 8.10. The zero-order chi connectivity index (χ0) is 20.7. The van der Waals surface area contributed by atoms with Crippen LogP contribution >= 0.6 is 22.7 Å². The van der Waals surface area contributed by atoms with E-state index in [1.165, 1.54) is 54.0 Å².